The minimum Gasteiger partial charge on any atom is -0.464 e. The number of fused-ring (bicyclic) bond motifs is 3. The number of hydrazine groups is 1. The van der Waals surface area contributed by atoms with E-state index < -0.39 is 28.6 Å². The highest BCUT2D eigenvalue weighted by Gasteiger charge is 2.31. The van der Waals surface area contributed by atoms with E-state index in [1.165, 1.54) is 0 Å². The number of benzene rings is 3. The zero-order chi connectivity index (χ0) is 30.8. The van der Waals surface area contributed by atoms with Crippen molar-refractivity contribution in [2.24, 2.45) is 5.41 Å². The van der Waals surface area contributed by atoms with E-state index in [0.29, 0.717) is 12.8 Å². The Bertz CT molecular complexity index is 1360. The van der Waals surface area contributed by atoms with Gasteiger partial charge in [0.15, 0.2) is 0 Å². The first kappa shape index (κ1) is 29.8. The second kappa shape index (κ2) is 14.5. The summed E-state index contributed by atoms with van der Waals surface area (Å²) in [6.45, 7) is 3.78. The van der Waals surface area contributed by atoms with Crippen molar-refractivity contribution in [1.82, 2.24) is 15.9 Å². The highest BCUT2D eigenvalue weighted by Crippen LogP contribution is 2.44. The number of hydroxylamine groups is 1. The quantitative estimate of drug-likeness (QED) is 0.113. The van der Waals surface area contributed by atoms with Gasteiger partial charge in [-0.2, -0.15) is 0 Å². The molecule has 0 radical (unpaired) electrons. The number of hydrogen-bond acceptors (Lipinski definition) is 8. The maximum Gasteiger partial charge on any atom is 0.407 e. The molecule has 3 aromatic carbocycles. The lowest BCUT2D eigenvalue weighted by molar-refractivity contribution is -0.171. The Labute approximate surface area is 253 Å². The molecular weight excluding hydrogens is 554 g/mol. The molecule has 0 aliphatic heterocycles. The third kappa shape index (κ3) is 8.19. The summed E-state index contributed by atoms with van der Waals surface area (Å²) in [6.07, 6.45) is 0.108. The summed E-state index contributed by atoms with van der Waals surface area (Å²) in [5.74, 6) is -0.510. The lowest BCUT2D eigenvalue weighted by atomic mass is 9.89. The van der Waals surface area contributed by atoms with Crippen LogP contribution in [0.1, 0.15) is 42.9 Å². The van der Waals surface area contributed by atoms with Crippen LogP contribution in [0.25, 0.3) is 11.1 Å². The fraction of sp³-hybridized carbons (Fsp3) is 0.344. The van der Waals surface area contributed by atoms with Crippen molar-refractivity contribution in [2.75, 3.05) is 26.3 Å². The van der Waals surface area contributed by atoms with E-state index in [-0.39, 0.29) is 32.2 Å². The third-order valence-electron chi connectivity index (χ3n) is 7.32. The van der Waals surface area contributed by atoms with Gasteiger partial charge in [-0.15, -0.1) is 17.8 Å². The largest absolute Gasteiger partial charge is 0.464 e. The molecule has 9 nitrogen and oxygen atoms in total. The number of ether oxygens (including phenoxy) is 2. The van der Waals surface area contributed by atoms with Crippen LogP contribution in [-0.2, 0) is 25.5 Å². The van der Waals surface area contributed by atoms with Gasteiger partial charge in [0.1, 0.15) is 13.2 Å². The van der Waals surface area contributed by atoms with Crippen LogP contribution in [-0.4, -0.2) is 59.9 Å². The van der Waals surface area contributed by atoms with Crippen LogP contribution in [0.4, 0.5) is 4.79 Å². The molecular formula is C32H37N3O6S. The number of thiol groups is 1. The van der Waals surface area contributed by atoms with Crippen LogP contribution in [0, 0.1) is 5.41 Å². The van der Waals surface area contributed by atoms with E-state index in [9.17, 15) is 14.4 Å². The first-order valence-electron chi connectivity index (χ1n) is 14.3. The molecule has 1 atom stereocenters. The number of hydrogen-bond donors (Lipinski definition) is 4. The standard InChI is InChI=1S/C32H37N3O6S/c1-32(2,30(37)40-19-18-35(39)34-28(29(36)42)20-22-10-4-3-5-11-22)16-17-33-31(38)41-21-27-25-14-8-6-12-23(25)24-13-7-9-15-26(24)27/h3-15,27-28,34,39H,16-21H2,1-2H3,(H,33,38)(H,36,42)/t28-/m0/s1/i39T. The Morgan fingerprint density at radius 2 is 1.60 bits per heavy atom. The molecule has 0 saturated heterocycles. The molecule has 222 valence electrons. The second-order valence-electron chi connectivity index (χ2n) is 10.8. The summed E-state index contributed by atoms with van der Waals surface area (Å²) in [5.41, 5.74) is 7.39. The van der Waals surface area contributed by atoms with Crippen molar-refractivity contribution in [3.8, 4) is 11.1 Å². The molecule has 3 aromatic rings. The molecule has 42 heavy (non-hydrogen) atoms. The van der Waals surface area contributed by atoms with Gasteiger partial charge in [-0.3, -0.25) is 14.8 Å². The maximum atomic E-state index is 12.8. The Morgan fingerprint density at radius 1 is 0.976 bits per heavy atom. The zero-order valence-electron chi connectivity index (χ0n) is 24.7. The number of nitrogens with zero attached hydrogens (tertiary/aromatic N) is 1. The number of amides is 1. The first-order valence-corrected chi connectivity index (χ1v) is 14.3. The van der Waals surface area contributed by atoms with Gasteiger partial charge in [-0.1, -0.05) is 78.9 Å². The fourth-order valence-corrected chi connectivity index (χ4v) is 5.07. The van der Waals surface area contributed by atoms with Gasteiger partial charge in [-0.25, -0.2) is 10.2 Å². The van der Waals surface area contributed by atoms with Gasteiger partial charge < -0.3 is 14.8 Å². The van der Waals surface area contributed by atoms with Crippen LogP contribution >= 0.6 is 12.6 Å². The summed E-state index contributed by atoms with van der Waals surface area (Å²) in [5, 5.41) is 7.88. The number of rotatable bonds is 15. The average molecular weight is 594 g/mol. The Morgan fingerprint density at radius 3 is 2.21 bits per heavy atom. The third-order valence-corrected chi connectivity index (χ3v) is 7.64. The van der Waals surface area contributed by atoms with E-state index in [2.05, 4.69) is 52.8 Å². The molecule has 3 N–H and O–H groups in total. The number of alkyl carbamates (subject to hydrolysis) is 1. The van der Waals surface area contributed by atoms with E-state index in [0.717, 1.165) is 33.0 Å². The summed E-state index contributed by atoms with van der Waals surface area (Å²) in [4.78, 5) is 37.2. The minimum atomic E-state index is -0.895. The number of carbonyl (C=O) groups excluding carboxylic acids is 3. The highest BCUT2D eigenvalue weighted by molar-refractivity contribution is 7.96. The number of carbonyl (C=O) groups is 3. The van der Waals surface area contributed by atoms with E-state index in [1.54, 1.807) is 13.8 Å². The van der Waals surface area contributed by atoms with Crippen LogP contribution in [0.15, 0.2) is 78.9 Å². The maximum absolute atomic E-state index is 12.8. The normalized spacial score (nSPS) is 13.6. The number of nitrogens with one attached hydrogen (secondary N) is 2. The van der Waals surface area contributed by atoms with Crippen molar-refractivity contribution in [3.63, 3.8) is 0 Å². The van der Waals surface area contributed by atoms with E-state index >= 15 is 0 Å². The van der Waals surface area contributed by atoms with Gasteiger partial charge in [0.25, 0.3) is 0 Å². The predicted octanol–water partition coefficient (Wildman–Crippen LogP) is 4.75. The molecule has 0 unspecified atom stereocenters. The van der Waals surface area contributed by atoms with Crippen molar-refractivity contribution >= 4 is 29.8 Å². The van der Waals surface area contributed by atoms with Crippen molar-refractivity contribution in [1.29, 1.82) is 0 Å². The monoisotopic (exact) mass is 593 g/mol. The molecule has 1 amide bonds. The van der Waals surface area contributed by atoms with Crippen molar-refractivity contribution in [2.45, 2.75) is 38.6 Å². The van der Waals surface area contributed by atoms with Crippen molar-refractivity contribution in [3.05, 3.63) is 95.6 Å². The van der Waals surface area contributed by atoms with Gasteiger partial charge in [-0.05, 0) is 54.5 Å². The van der Waals surface area contributed by atoms with Gasteiger partial charge in [0.2, 0.25) is 6.55 Å². The number of esters is 1. The average Bonchev–Trinajstić information content (AvgIpc) is 3.32. The van der Waals surface area contributed by atoms with Crippen LogP contribution in [0.5, 0.6) is 0 Å². The summed E-state index contributed by atoms with van der Waals surface area (Å²) in [7, 11) is 0. The van der Waals surface area contributed by atoms with Gasteiger partial charge in [0.05, 0.1) is 18.0 Å². The smallest absolute Gasteiger partial charge is 0.407 e. The second-order valence-corrected chi connectivity index (χ2v) is 11.3. The summed E-state index contributed by atoms with van der Waals surface area (Å²) >= 11 is 3.93. The summed E-state index contributed by atoms with van der Waals surface area (Å²) in [6, 6.07) is 24.9. The van der Waals surface area contributed by atoms with E-state index in [4.69, 9.17) is 10.9 Å². The van der Waals surface area contributed by atoms with Gasteiger partial charge in [0, 0.05) is 12.5 Å². The lowest BCUT2D eigenvalue weighted by Gasteiger charge is -2.25. The molecule has 1 aliphatic rings. The summed E-state index contributed by atoms with van der Waals surface area (Å²) < 4.78 is 18.3. The van der Waals surface area contributed by atoms with E-state index in [1.807, 2.05) is 54.6 Å². The van der Waals surface area contributed by atoms with Crippen LogP contribution < -0.4 is 10.7 Å². The molecule has 0 aromatic heterocycles. The van der Waals surface area contributed by atoms with Crippen LogP contribution in [0.3, 0.4) is 0 Å². The Balaban J connectivity index is 1.18. The Hall–Kier alpha value is -3.70. The van der Waals surface area contributed by atoms with Crippen molar-refractivity contribution < 1.29 is 30.5 Å². The molecule has 0 fully saturated rings. The van der Waals surface area contributed by atoms with Gasteiger partial charge >= 0.3 is 12.1 Å². The predicted molar refractivity (Wildman–Crippen MR) is 162 cm³/mol. The molecule has 4 rings (SSSR count). The first-order chi connectivity index (χ1) is 20.7. The SMILES string of the molecule is [3H]ON(CCOC(=O)C(C)(C)CCNC(=O)OCC1c2ccccc2-c2ccccc21)N[C@@H](Cc1ccccc1)C(=O)S. The van der Waals surface area contributed by atoms with Crippen LogP contribution in [0.2, 0.25) is 1.43 Å². The molecule has 0 bridgehead atoms. The Kier molecular flexibility index (Phi) is 10.3. The lowest BCUT2D eigenvalue weighted by Crippen LogP contribution is -2.48. The minimum absolute atomic E-state index is 0.00430. The molecule has 0 heterocycles. The zero-order valence-corrected chi connectivity index (χ0v) is 24.6. The molecule has 1 aliphatic carbocycles. The topological polar surface area (TPSA) is 117 Å². The molecule has 10 heteroatoms. The fourth-order valence-electron chi connectivity index (χ4n) is 4.92. The highest BCUT2D eigenvalue weighted by atomic mass is 32.1. The molecule has 0 spiro atoms. The molecule has 0 saturated carbocycles.